The van der Waals surface area contributed by atoms with E-state index in [2.05, 4.69) is 5.43 Å². The Balaban J connectivity index is 2.22. The van der Waals surface area contributed by atoms with Crippen LogP contribution in [0.25, 0.3) is 11.0 Å². The molecule has 0 saturated carbocycles. The van der Waals surface area contributed by atoms with E-state index in [4.69, 9.17) is 19.7 Å². The minimum Gasteiger partial charge on any atom is -0.450 e. The summed E-state index contributed by atoms with van der Waals surface area (Å²) in [6, 6.07) is 7.42. The van der Waals surface area contributed by atoms with E-state index in [0.29, 0.717) is 24.4 Å². The number of hydrogen-bond acceptors (Lipinski definition) is 5. The van der Waals surface area contributed by atoms with Crippen molar-refractivity contribution in [3.05, 3.63) is 35.6 Å². The summed E-state index contributed by atoms with van der Waals surface area (Å²) in [7, 11) is 0. The average molecular weight is 292 g/mol. The summed E-state index contributed by atoms with van der Waals surface area (Å²) in [5.74, 6) is 4.91. The lowest BCUT2D eigenvalue weighted by Gasteiger charge is -2.12. The Hall–Kier alpha value is -1.89. The monoisotopic (exact) mass is 292 g/mol. The van der Waals surface area contributed by atoms with Crippen LogP contribution in [0.3, 0.4) is 0 Å². The van der Waals surface area contributed by atoms with Gasteiger partial charge in [-0.25, -0.2) is 5.84 Å². The Labute approximate surface area is 123 Å². The van der Waals surface area contributed by atoms with Crippen LogP contribution in [0.1, 0.15) is 30.0 Å². The number of nitrogen functional groups attached to an aromatic ring is 1. The van der Waals surface area contributed by atoms with Gasteiger partial charge in [-0.1, -0.05) is 18.2 Å². The van der Waals surface area contributed by atoms with Gasteiger partial charge in [-0.3, -0.25) is 10.2 Å². The Bertz CT molecular complexity index is 609. The molecule has 6 nitrogen and oxygen atoms in total. The van der Waals surface area contributed by atoms with Crippen molar-refractivity contribution >= 4 is 16.9 Å². The van der Waals surface area contributed by atoms with Crippen LogP contribution >= 0.6 is 0 Å². The van der Waals surface area contributed by atoms with Crippen LogP contribution < -0.4 is 11.3 Å². The molecule has 0 aliphatic carbocycles. The van der Waals surface area contributed by atoms with Crippen LogP contribution in [-0.2, 0) is 16.1 Å². The van der Waals surface area contributed by atoms with Gasteiger partial charge in [0.1, 0.15) is 5.58 Å². The summed E-state index contributed by atoms with van der Waals surface area (Å²) < 4.78 is 16.6. The topological polar surface area (TPSA) is 86.7 Å². The molecule has 21 heavy (non-hydrogen) atoms. The van der Waals surface area contributed by atoms with Crippen LogP contribution in [0.15, 0.2) is 28.7 Å². The number of fused-ring (bicyclic) bond motifs is 1. The van der Waals surface area contributed by atoms with E-state index in [0.717, 1.165) is 5.39 Å². The molecule has 1 atom stereocenters. The Morgan fingerprint density at radius 2 is 2.19 bits per heavy atom. The fraction of sp³-hybridized carbons (Fsp3) is 0.400. The smallest absolute Gasteiger partial charge is 0.301 e. The molecule has 3 N–H and O–H groups in total. The molecule has 1 aromatic heterocycles. The molecular weight excluding hydrogens is 272 g/mol. The summed E-state index contributed by atoms with van der Waals surface area (Å²) in [6.07, 6.45) is -0.0765. The first-order chi connectivity index (χ1) is 10.2. The number of rotatable bonds is 7. The molecule has 2 rings (SSSR count). The quantitative estimate of drug-likeness (QED) is 0.463. The van der Waals surface area contributed by atoms with Crippen molar-refractivity contribution in [2.75, 3.05) is 13.2 Å². The maximum Gasteiger partial charge on any atom is 0.301 e. The minimum absolute atomic E-state index is 0.0765. The van der Waals surface area contributed by atoms with Gasteiger partial charge < -0.3 is 13.9 Å². The van der Waals surface area contributed by atoms with Crippen molar-refractivity contribution in [1.82, 2.24) is 5.43 Å². The second-order valence-electron chi connectivity index (χ2n) is 4.66. The molecule has 0 aliphatic heterocycles. The highest BCUT2D eigenvalue weighted by atomic mass is 16.5. The number of amides is 1. The molecule has 1 amide bonds. The number of carbonyl (C=O) groups excluding carboxylic acids is 1. The summed E-state index contributed by atoms with van der Waals surface area (Å²) in [5, 5.41) is 0.847. The zero-order valence-electron chi connectivity index (χ0n) is 12.2. The molecule has 0 radical (unpaired) electrons. The minimum atomic E-state index is -0.470. The Kier molecular flexibility index (Phi) is 5.32. The van der Waals surface area contributed by atoms with Crippen LogP contribution in [0.2, 0.25) is 0 Å². The first kappa shape index (κ1) is 15.5. The lowest BCUT2D eigenvalue weighted by molar-refractivity contribution is -0.0117. The molecule has 0 fully saturated rings. The van der Waals surface area contributed by atoms with Crippen molar-refractivity contribution in [3.8, 4) is 0 Å². The molecular formula is C15H20N2O4. The highest BCUT2D eigenvalue weighted by Crippen LogP contribution is 2.26. The third-order valence-corrected chi connectivity index (χ3v) is 3.10. The van der Waals surface area contributed by atoms with Crippen LogP contribution in [0.5, 0.6) is 0 Å². The number of furan rings is 1. The third-order valence-electron chi connectivity index (χ3n) is 3.10. The van der Waals surface area contributed by atoms with Gasteiger partial charge in [0.05, 0.1) is 19.3 Å². The van der Waals surface area contributed by atoms with Crippen molar-refractivity contribution in [3.63, 3.8) is 0 Å². The lowest BCUT2D eigenvalue weighted by atomic mass is 10.1. The number of para-hydroxylation sites is 1. The van der Waals surface area contributed by atoms with E-state index in [-0.39, 0.29) is 18.5 Å². The molecule has 0 spiro atoms. The van der Waals surface area contributed by atoms with Gasteiger partial charge in [0.15, 0.2) is 5.76 Å². The first-order valence-corrected chi connectivity index (χ1v) is 6.88. The zero-order valence-corrected chi connectivity index (χ0v) is 12.2. The van der Waals surface area contributed by atoms with Gasteiger partial charge in [-0.2, -0.15) is 0 Å². The number of ether oxygens (including phenoxy) is 2. The summed E-state index contributed by atoms with van der Waals surface area (Å²) in [4.78, 5) is 11.8. The second-order valence-corrected chi connectivity index (χ2v) is 4.66. The maximum atomic E-state index is 11.8. The van der Waals surface area contributed by atoms with E-state index in [1.807, 2.05) is 32.0 Å². The van der Waals surface area contributed by atoms with E-state index >= 15 is 0 Å². The van der Waals surface area contributed by atoms with E-state index in [1.54, 1.807) is 6.07 Å². The molecule has 1 aromatic carbocycles. The lowest BCUT2D eigenvalue weighted by Crippen LogP contribution is -2.30. The molecule has 6 heteroatoms. The number of nitrogens with two attached hydrogens (primary N) is 1. The van der Waals surface area contributed by atoms with Crippen molar-refractivity contribution in [2.24, 2.45) is 5.84 Å². The Morgan fingerprint density at radius 3 is 2.90 bits per heavy atom. The number of benzene rings is 1. The highest BCUT2D eigenvalue weighted by Gasteiger charge is 2.20. The molecule has 0 saturated heterocycles. The first-order valence-electron chi connectivity index (χ1n) is 6.88. The predicted octanol–water partition coefficient (Wildman–Crippen LogP) is 1.98. The average Bonchev–Trinajstić information content (AvgIpc) is 2.88. The number of hydrogen-bond donors (Lipinski definition) is 2. The van der Waals surface area contributed by atoms with Crippen LogP contribution in [-0.4, -0.2) is 25.2 Å². The van der Waals surface area contributed by atoms with Crippen LogP contribution in [0.4, 0.5) is 0 Å². The second kappa shape index (κ2) is 7.21. The number of nitrogens with one attached hydrogen (secondary N) is 1. The fourth-order valence-electron chi connectivity index (χ4n) is 2.05. The Morgan fingerprint density at radius 1 is 1.43 bits per heavy atom. The van der Waals surface area contributed by atoms with Gasteiger partial charge in [0.25, 0.3) is 0 Å². The van der Waals surface area contributed by atoms with Gasteiger partial charge in [0.2, 0.25) is 0 Å². The SMILES string of the molecule is CCOCC(C)OCc1c(C(=O)NN)oc2ccccc12. The van der Waals surface area contributed by atoms with Gasteiger partial charge >= 0.3 is 5.91 Å². The molecule has 114 valence electrons. The molecule has 2 aromatic rings. The van der Waals surface area contributed by atoms with E-state index < -0.39 is 5.91 Å². The summed E-state index contributed by atoms with van der Waals surface area (Å²) in [5.41, 5.74) is 3.41. The molecule has 0 bridgehead atoms. The van der Waals surface area contributed by atoms with E-state index in [9.17, 15) is 4.79 Å². The molecule has 0 aliphatic rings. The van der Waals surface area contributed by atoms with Crippen molar-refractivity contribution in [2.45, 2.75) is 26.6 Å². The largest absolute Gasteiger partial charge is 0.450 e. The van der Waals surface area contributed by atoms with Gasteiger partial charge in [0, 0.05) is 17.6 Å². The van der Waals surface area contributed by atoms with Crippen molar-refractivity contribution < 1.29 is 18.7 Å². The molecule has 1 unspecified atom stereocenters. The van der Waals surface area contributed by atoms with Crippen LogP contribution in [0, 0.1) is 0 Å². The van der Waals surface area contributed by atoms with Gasteiger partial charge in [-0.15, -0.1) is 0 Å². The fourth-order valence-corrected chi connectivity index (χ4v) is 2.05. The number of hydrazine groups is 1. The van der Waals surface area contributed by atoms with Crippen molar-refractivity contribution in [1.29, 1.82) is 0 Å². The standard InChI is InChI=1S/C15H20N2O4/c1-3-19-8-10(2)20-9-12-11-6-4-5-7-13(11)21-14(12)15(18)17-16/h4-7,10H,3,8-9,16H2,1-2H3,(H,17,18). The highest BCUT2D eigenvalue weighted by molar-refractivity contribution is 5.98. The summed E-state index contributed by atoms with van der Waals surface area (Å²) in [6.45, 7) is 5.25. The molecule has 1 heterocycles. The predicted molar refractivity (Wildman–Crippen MR) is 78.6 cm³/mol. The van der Waals surface area contributed by atoms with Gasteiger partial charge in [-0.05, 0) is 19.9 Å². The summed E-state index contributed by atoms with van der Waals surface area (Å²) >= 11 is 0. The normalized spacial score (nSPS) is 12.5. The maximum absolute atomic E-state index is 11.8. The van der Waals surface area contributed by atoms with E-state index in [1.165, 1.54) is 0 Å². The zero-order chi connectivity index (χ0) is 15.2. The third kappa shape index (κ3) is 3.60. The number of carbonyl (C=O) groups is 1.